The van der Waals surface area contributed by atoms with Crippen LogP contribution in [0, 0.1) is 22.0 Å². The van der Waals surface area contributed by atoms with Crippen molar-refractivity contribution in [3.05, 3.63) is 175 Å². The molecule has 4 aliphatic rings. The van der Waals surface area contributed by atoms with Gasteiger partial charge >= 0.3 is 5.97 Å². The van der Waals surface area contributed by atoms with E-state index in [9.17, 15) is 34.1 Å². The van der Waals surface area contributed by atoms with Gasteiger partial charge in [-0.25, -0.2) is 9.80 Å². The minimum Gasteiger partial charge on any atom is -0.423 e. The Morgan fingerprint density at radius 1 is 0.692 bits per heavy atom. The molecular weight excluding hydrogens is 686 g/mol. The second-order valence-corrected chi connectivity index (χ2v) is 13.1. The van der Waals surface area contributed by atoms with Crippen LogP contribution in [0.5, 0.6) is 5.75 Å². The van der Waals surface area contributed by atoms with Crippen LogP contribution >= 0.6 is 11.6 Å². The van der Waals surface area contributed by atoms with Crippen molar-refractivity contribution < 1.29 is 33.6 Å². The van der Waals surface area contributed by atoms with E-state index >= 15 is 0 Å². The molecule has 9 rings (SSSR count). The van der Waals surface area contributed by atoms with Crippen LogP contribution in [0.25, 0.3) is 0 Å². The second-order valence-electron chi connectivity index (χ2n) is 12.7. The lowest BCUT2D eigenvalue weighted by Crippen LogP contribution is -2.52. The number of nitro benzene ring substituents is 1. The Kier molecular flexibility index (Phi) is 7.99. The van der Waals surface area contributed by atoms with Crippen molar-refractivity contribution in [3.63, 3.8) is 0 Å². The third-order valence-electron chi connectivity index (χ3n) is 10.00. The summed E-state index contributed by atoms with van der Waals surface area (Å²) in [5, 5.41) is 12.7. The number of hydrogen-bond acceptors (Lipinski definition) is 8. The fraction of sp³-hybridized carbons (Fsp3) is 0.125. The van der Waals surface area contributed by atoms with Crippen molar-refractivity contribution in [2.75, 3.05) is 6.54 Å². The van der Waals surface area contributed by atoms with E-state index in [2.05, 4.69) is 0 Å². The van der Waals surface area contributed by atoms with Crippen LogP contribution in [-0.2, 0) is 9.59 Å². The van der Waals surface area contributed by atoms with Crippen molar-refractivity contribution in [1.82, 2.24) is 10.0 Å². The lowest BCUT2D eigenvalue weighted by molar-refractivity contribution is -0.384. The SMILES string of the molecule is O=C(CN(C(=O)c1ccccc1Cl)N1C(=O)[C@@H]2C3c4ccccc4C(c4ccccc43)[C@H]2C1=O)c1ccc(OC(=O)c2ccc([N+](=O)[O-])cc2)cc1. The Bertz CT molecular complexity index is 2230. The van der Waals surface area contributed by atoms with Gasteiger partial charge in [-0.05, 0) is 70.8 Å². The topological polar surface area (TPSA) is 144 Å². The van der Waals surface area contributed by atoms with Gasteiger partial charge in [0.1, 0.15) is 12.3 Å². The zero-order valence-corrected chi connectivity index (χ0v) is 27.8. The molecule has 0 unspecified atom stereocenters. The third kappa shape index (κ3) is 5.25. The quantitative estimate of drug-likeness (QED) is 0.0437. The second kappa shape index (κ2) is 12.7. The van der Waals surface area contributed by atoms with Crippen LogP contribution in [0.15, 0.2) is 121 Å². The number of esters is 1. The summed E-state index contributed by atoms with van der Waals surface area (Å²) in [6, 6.07) is 32.2. The summed E-state index contributed by atoms with van der Waals surface area (Å²) < 4.78 is 5.37. The molecule has 0 radical (unpaired) electrons. The highest BCUT2D eigenvalue weighted by Crippen LogP contribution is 2.61. The molecule has 11 nitrogen and oxygen atoms in total. The Morgan fingerprint density at radius 2 is 1.17 bits per heavy atom. The van der Waals surface area contributed by atoms with Crippen molar-refractivity contribution in [2.45, 2.75) is 11.8 Å². The van der Waals surface area contributed by atoms with Crippen LogP contribution in [0.1, 0.15) is 65.2 Å². The molecule has 3 amide bonds. The number of carbonyl (C=O) groups excluding carboxylic acids is 5. The fourth-order valence-corrected chi connectivity index (χ4v) is 7.94. The Balaban J connectivity index is 1.10. The molecule has 0 saturated carbocycles. The number of non-ortho nitro benzene ring substituents is 1. The molecule has 52 heavy (non-hydrogen) atoms. The molecule has 5 aromatic carbocycles. The van der Waals surface area contributed by atoms with Crippen molar-refractivity contribution in [2.24, 2.45) is 11.8 Å². The van der Waals surface area contributed by atoms with E-state index in [0.717, 1.165) is 32.3 Å². The molecule has 5 aromatic rings. The average Bonchev–Trinajstić information content (AvgIpc) is 3.43. The van der Waals surface area contributed by atoms with Gasteiger partial charge in [-0.2, -0.15) is 5.01 Å². The molecule has 3 aliphatic carbocycles. The Morgan fingerprint density at radius 3 is 1.67 bits per heavy atom. The van der Waals surface area contributed by atoms with E-state index in [1.165, 1.54) is 60.7 Å². The number of hydrogen-bond donors (Lipinski definition) is 0. The number of carbonyl (C=O) groups is 5. The number of hydrazine groups is 1. The van der Waals surface area contributed by atoms with E-state index in [0.29, 0.717) is 0 Å². The number of halogens is 1. The highest BCUT2D eigenvalue weighted by atomic mass is 35.5. The first-order valence-electron chi connectivity index (χ1n) is 16.4. The normalized spacial score (nSPS) is 19.4. The number of rotatable bonds is 8. The van der Waals surface area contributed by atoms with Crippen LogP contribution in [-0.4, -0.2) is 51.0 Å². The maximum absolute atomic E-state index is 14.5. The van der Waals surface area contributed by atoms with Crippen LogP contribution in [0.4, 0.5) is 5.69 Å². The summed E-state index contributed by atoms with van der Waals surface area (Å²) in [5.74, 6) is -5.63. The summed E-state index contributed by atoms with van der Waals surface area (Å²) in [6.45, 7) is -0.669. The van der Waals surface area contributed by atoms with Gasteiger partial charge in [0.2, 0.25) is 0 Å². The minimum absolute atomic E-state index is 0.00971. The monoisotopic (exact) mass is 711 g/mol. The lowest BCUT2D eigenvalue weighted by Gasteiger charge is -2.45. The zero-order valence-electron chi connectivity index (χ0n) is 27.0. The summed E-state index contributed by atoms with van der Waals surface area (Å²) >= 11 is 6.43. The molecule has 1 fully saturated rings. The summed E-state index contributed by atoms with van der Waals surface area (Å²) in [7, 11) is 0. The molecule has 0 N–H and O–H groups in total. The number of imide groups is 1. The molecule has 1 heterocycles. The summed E-state index contributed by atoms with van der Waals surface area (Å²) in [4.78, 5) is 80.2. The highest BCUT2D eigenvalue weighted by molar-refractivity contribution is 6.34. The van der Waals surface area contributed by atoms with Gasteiger partial charge in [0.25, 0.3) is 23.4 Å². The highest BCUT2D eigenvalue weighted by Gasteiger charge is 2.63. The number of nitro groups is 1. The first-order chi connectivity index (χ1) is 25.1. The molecule has 256 valence electrons. The van der Waals surface area contributed by atoms with Crippen molar-refractivity contribution in [3.8, 4) is 5.75 Å². The molecular formula is C40H26ClN3O8. The van der Waals surface area contributed by atoms with E-state index < -0.39 is 64.6 Å². The number of nitrogens with zero attached hydrogens (tertiary/aromatic N) is 3. The number of amides is 3. The molecule has 2 bridgehead atoms. The Labute approximate surface area is 301 Å². The molecule has 1 saturated heterocycles. The molecule has 12 heteroatoms. The van der Waals surface area contributed by atoms with Gasteiger partial charge in [0.15, 0.2) is 5.78 Å². The maximum Gasteiger partial charge on any atom is 0.343 e. The van der Waals surface area contributed by atoms with E-state index in [4.69, 9.17) is 16.3 Å². The predicted molar refractivity (Wildman–Crippen MR) is 187 cm³/mol. The van der Waals surface area contributed by atoms with Gasteiger partial charge < -0.3 is 4.74 Å². The molecule has 1 aliphatic heterocycles. The van der Waals surface area contributed by atoms with E-state index in [1.54, 1.807) is 12.1 Å². The number of benzene rings is 5. The Hall–Kier alpha value is -6.46. The number of Topliss-reactive ketones (excluding diaryl/α,β-unsaturated/α-hetero) is 1. The first kappa shape index (κ1) is 32.7. The van der Waals surface area contributed by atoms with Gasteiger partial charge in [0, 0.05) is 29.5 Å². The molecule has 0 aromatic heterocycles. The summed E-state index contributed by atoms with van der Waals surface area (Å²) in [6.07, 6.45) is 0. The van der Waals surface area contributed by atoms with Crippen LogP contribution in [0.3, 0.4) is 0 Å². The lowest BCUT2D eigenvalue weighted by atomic mass is 9.55. The smallest absolute Gasteiger partial charge is 0.343 e. The molecule has 2 atom stereocenters. The minimum atomic E-state index is -0.796. The predicted octanol–water partition coefficient (Wildman–Crippen LogP) is 6.60. The van der Waals surface area contributed by atoms with Crippen LogP contribution < -0.4 is 4.74 Å². The molecule has 0 spiro atoms. The largest absolute Gasteiger partial charge is 0.423 e. The standard InChI is InChI=1S/C40H26ClN3O8/c41-31-12-6-5-11-30(31)37(46)42(21-32(45)22-15-19-25(20-16-22)52-40(49)23-13-17-24(18-14-23)44(50)51)43-38(47)35-33-26-7-1-2-8-27(26)34(36(35)39(43)48)29-10-4-3-9-28(29)33/h1-20,33-36H,21H2/t33?,34?,35-,36-/m1/s1. The number of ether oxygens (including phenoxy) is 1. The van der Waals surface area contributed by atoms with Gasteiger partial charge in [-0.15, -0.1) is 0 Å². The van der Waals surface area contributed by atoms with E-state index in [-0.39, 0.29) is 33.1 Å². The number of ketones is 1. The van der Waals surface area contributed by atoms with Gasteiger partial charge in [-0.1, -0.05) is 72.3 Å². The fourth-order valence-electron chi connectivity index (χ4n) is 7.73. The van der Waals surface area contributed by atoms with Crippen LogP contribution in [0.2, 0.25) is 5.02 Å². The van der Waals surface area contributed by atoms with Crippen molar-refractivity contribution in [1.29, 1.82) is 0 Å². The third-order valence-corrected chi connectivity index (χ3v) is 10.3. The van der Waals surface area contributed by atoms with E-state index in [1.807, 2.05) is 48.5 Å². The first-order valence-corrected chi connectivity index (χ1v) is 16.7. The van der Waals surface area contributed by atoms with Gasteiger partial charge in [-0.3, -0.25) is 29.3 Å². The van der Waals surface area contributed by atoms with Gasteiger partial charge in [0.05, 0.1) is 32.9 Å². The van der Waals surface area contributed by atoms with Crippen molar-refractivity contribution >= 4 is 46.8 Å². The zero-order chi connectivity index (χ0) is 36.3. The average molecular weight is 712 g/mol. The summed E-state index contributed by atoms with van der Waals surface area (Å²) in [5.41, 5.74) is 3.88. The maximum atomic E-state index is 14.5.